The van der Waals surface area contributed by atoms with Crippen LogP contribution < -0.4 is 10.6 Å². The van der Waals surface area contributed by atoms with E-state index in [0.717, 1.165) is 10.6 Å². The molecule has 5 nitrogen and oxygen atoms in total. The monoisotopic (exact) mass is 339 g/mol. The zero-order chi connectivity index (χ0) is 14.2. The summed E-state index contributed by atoms with van der Waals surface area (Å²) in [6, 6.07) is -0.353. The maximum Gasteiger partial charge on any atom is 0.189 e. The van der Waals surface area contributed by atoms with Crippen molar-refractivity contribution in [2.75, 3.05) is 16.8 Å². The molecule has 2 heterocycles. The molecule has 2 atom stereocenters. The summed E-state index contributed by atoms with van der Waals surface area (Å²) in [6.45, 7) is 3.90. The summed E-state index contributed by atoms with van der Waals surface area (Å²) in [5.74, 6) is 0.00319. The Morgan fingerprint density at radius 3 is 2.63 bits per heavy atom. The molecule has 0 aromatic carbocycles. The van der Waals surface area contributed by atoms with E-state index in [4.69, 9.17) is 23.8 Å². The fourth-order valence-electron chi connectivity index (χ4n) is 1.76. The molecule has 1 aliphatic heterocycles. The van der Waals surface area contributed by atoms with Crippen molar-refractivity contribution in [1.82, 2.24) is 10.3 Å². The molecule has 0 bridgehead atoms. The molecule has 19 heavy (non-hydrogen) atoms. The summed E-state index contributed by atoms with van der Waals surface area (Å²) in [7, 11) is -3.06. The van der Waals surface area contributed by atoms with Gasteiger partial charge in [-0.05, 0) is 26.1 Å². The van der Waals surface area contributed by atoms with Crippen LogP contribution in [-0.2, 0) is 9.84 Å². The number of alkyl halides is 1. The molecule has 0 saturated carbocycles. The lowest BCUT2D eigenvalue weighted by Crippen LogP contribution is -2.42. The van der Waals surface area contributed by atoms with E-state index in [1.54, 1.807) is 0 Å². The van der Waals surface area contributed by atoms with Crippen LogP contribution in [0.15, 0.2) is 0 Å². The molecule has 106 valence electrons. The molecule has 0 unspecified atom stereocenters. The van der Waals surface area contributed by atoms with E-state index in [1.807, 2.05) is 13.8 Å². The SMILES string of the molecule is Cc1nc(NC(=S)N[C@@H]2CS(=O)(=O)C[C@@H]2Cl)sc1C. The summed E-state index contributed by atoms with van der Waals surface area (Å²) in [5, 5.41) is 6.48. The molecule has 0 radical (unpaired) electrons. The topological polar surface area (TPSA) is 71.1 Å². The molecule has 2 rings (SSSR count). The number of sulfone groups is 1. The summed E-state index contributed by atoms with van der Waals surface area (Å²) in [5.41, 5.74) is 0.953. The molecule has 1 fully saturated rings. The largest absolute Gasteiger partial charge is 0.357 e. The molecule has 9 heteroatoms. The summed E-state index contributed by atoms with van der Waals surface area (Å²) in [6.07, 6.45) is 0. The van der Waals surface area contributed by atoms with E-state index in [2.05, 4.69) is 15.6 Å². The van der Waals surface area contributed by atoms with E-state index in [1.165, 1.54) is 11.3 Å². The minimum atomic E-state index is -3.06. The van der Waals surface area contributed by atoms with Gasteiger partial charge in [0.1, 0.15) is 0 Å². The molecule has 0 aliphatic carbocycles. The van der Waals surface area contributed by atoms with E-state index in [-0.39, 0.29) is 17.5 Å². The lowest BCUT2D eigenvalue weighted by atomic mass is 10.3. The Kier molecular flexibility index (Phi) is 4.34. The number of nitrogens with one attached hydrogen (secondary N) is 2. The Hall–Kier alpha value is -0.440. The number of halogens is 1. The van der Waals surface area contributed by atoms with Crippen LogP contribution in [-0.4, -0.2) is 41.4 Å². The van der Waals surface area contributed by atoms with Crippen LogP contribution in [0.25, 0.3) is 0 Å². The Labute approximate surface area is 126 Å². The highest BCUT2D eigenvalue weighted by Gasteiger charge is 2.36. The van der Waals surface area contributed by atoms with Crippen LogP contribution in [0, 0.1) is 13.8 Å². The highest BCUT2D eigenvalue weighted by molar-refractivity contribution is 7.91. The number of rotatable bonds is 2. The van der Waals surface area contributed by atoms with Crippen molar-refractivity contribution in [1.29, 1.82) is 0 Å². The molecular weight excluding hydrogens is 326 g/mol. The average Bonchev–Trinajstić information content (AvgIpc) is 2.67. The number of aromatic nitrogens is 1. The normalized spacial score (nSPS) is 25.2. The maximum absolute atomic E-state index is 11.4. The lowest BCUT2D eigenvalue weighted by molar-refractivity contribution is 0.600. The van der Waals surface area contributed by atoms with Gasteiger partial charge in [-0.1, -0.05) is 0 Å². The summed E-state index contributed by atoms with van der Waals surface area (Å²) in [4.78, 5) is 5.42. The van der Waals surface area contributed by atoms with Gasteiger partial charge in [0.15, 0.2) is 20.1 Å². The number of thiazole rings is 1. The Balaban J connectivity index is 1.95. The van der Waals surface area contributed by atoms with Crippen LogP contribution in [0.2, 0.25) is 0 Å². The van der Waals surface area contributed by atoms with Gasteiger partial charge in [0.25, 0.3) is 0 Å². The minimum Gasteiger partial charge on any atom is -0.357 e. The van der Waals surface area contributed by atoms with E-state index < -0.39 is 15.2 Å². The van der Waals surface area contributed by atoms with Crippen LogP contribution >= 0.6 is 35.2 Å². The zero-order valence-electron chi connectivity index (χ0n) is 10.4. The Morgan fingerprint density at radius 1 is 1.47 bits per heavy atom. The molecule has 1 saturated heterocycles. The number of thiocarbonyl (C=S) groups is 1. The van der Waals surface area contributed by atoms with Gasteiger partial charge in [0.05, 0.1) is 28.6 Å². The van der Waals surface area contributed by atoms with Gasteiger partial charge in [-0.2, -0.15) is 0 Å². The first-order valence-electron chi connectivity index (χ1n) is 5.63. The first-order valence-corrected chi connectivity index (χ1v) is 9.11. The predicted octanol–water partition coefficient (Wildman–Crippen LogP) is 1.45. The molecular formula is C10H14ClN3O2S3. The lowest BCUT2D eigenvalue weighted by Gasteiger charge is -2.16. The van der Waals surface area contributed by atoms with Gasteiger partial charge in [-0.15, -0.1) is 22.9 Å². The van der Waals surface area contributed by atoms with Crippen LogP contribution in [0.4, 0.5) is 5.13 Å². The maximum atomic E-state index is 11.4. The van der Waals surface area contributed by atoms with Crippen molar-refractivity contribution in [3.8, 4) is 0 Å². The highest BCUT2D eigenvalue weighted by atomic mass is 35.5. The number of nitrogens with zero attached hydrogens (tertiary/aromatic N) is 1. The van der Waals surface area contributed by atoms with Crippen molar-refractivity contribution in [2.24, 2.45) is 0 Å². The van der Waals surface area contributed by atoms with Crippen molar-refractivity contribution < 1.29 is 8.42 Å². The third kappa shape index (κ3) is 3.77. The smallest absolute Gasteiger partial charge is 0.189 e. The van der Waals surface area contributed by atoms with Crippen LogP contribution in [0.3, 0.4) is 0 Å². The van der Waals surface area contributed by atoms with Gasteiger partial charge >= 0.3 is 0 Å². The predicted molar refractivity (Wildman–Crippen MR) is 83.0 cm³/mol. The molecule has 1 aromatic rings. The third-order valence-corrected chi connectivity index (χ3v) is 6.43. The minimum absolute atomic E-state index is 0.00962. The average molecular weight is 340 g/mol. The van der Waals surface area contributed by atoms with E-state index in [0.29, 0.717) is 10.2 Å². The van der Waals surface area contributed by atoms with Gasteiger partial charge in [0, 0.05) is 4.88 Å². The number of hydrogen-bond acceptors (Lipinski definition) is 5. The van der Waals surface area contributed by atoms with Crippen molar-refractivity contribution in [3.05, 3.63) is 10.6 Å². The van der Waals surface area contributed by atoms with Crippen molar-refractivity contribution in [3.63, 3.8) is 0 Å². The molecule has 1 aliphatic rings. The zero-order valence-corrected chi connectivity index (χ0v) is 13.6. The fourth-order valence-corrected chi connectivity index (χ4v) is 5.45. The number of anilines is 1. The summed E-state index contributed by atoms with van der Waals surface area (Å²) >= 11 is 12.6. The van der Waals surface area contributed by atoms with E-state index >= 15 is 0 Å². The third-order valence-electron chi connectivity index (χ3n) is 2.85. The van der Waals surface area contributed by atoms with Crippen LogP contribution in [0.1, 0.15) is 10.6 Å². The second-order valence-corrected chi connectivity index (χ2v) is 8.78. The first kappa shape index (κ1) is 15.0. The van der Waals surface area contributed by atoms with Crippen molar-refractivity contribution in [2.45, 2.75) is 25.3 Å². The summed E-state index contributed by atoms with van der Waals surface area (Å²) < 4.78 is 22.9. The standard InChI is InChI=1S/C10H14ClN3O2S3/c1-5-6(2)18-10(12-5)14-9(17)13-8-4-19(15,16)3-7(8)11/h7-8H,3-4H2,1-2H3,(H2,12,13,14,17)/t7-,8+/m0/s1. The quantitative estimate of drug-likeness (QED) is 0.628. The van der Waals surface area contributed by atoms with Gasteiger partial charge in [-0.3, -0.25) is 0 Å². The number of hydrogen-bond donors (Lipinski definition) is 2. The second kappa shape index (κ2) is 5.51. The van der Waals surface area contributed by atoms with Gasteiger partial charge < -0.3 is 10.6 Å². The molecule has 2 N–H and O–H groups in total. The molecule has 0 spiro atoms. The fraction of sp³-hybridized carbons (Fsp3) is 0.600. The Morgan fingerprint density at radius 2 is 2.16 bits per heavy atom. The Bertz CT molecular complexity index is 580. The van der Waals surface area contributed by atoms with Crippen LogP contribution in [0.5, 0.6) is 0 Å². The first-order chi connectivity index (χ1) is 8.77. The van der Waals surface area contributed by atoms with Gasteiger partial charge in [-0.25, -0.2) is 13.4 Å². The molecule has 0 amide bonds. The number of aryl methyl sites for hydroxylation is 2. The van der Waals surface area contributed by atoms with Gasteiger partial charge in [0.2, 0.25) is 0 Å². The van der Waals surface area contributed by atoms with Crippen molar-refractivity contribution >= 4 is 55.2 Å². The molecule has 1 aromatic heterocycles. The highest BCUT2D eigenvalue weighted by Crippen LogP contribution is 2.22. The van der Waals surface area contributed by atoms with E-state index in [9.17, 15) is 8.42 Å². The second-order valence-electron chi connectivity index (χ2n) is 4.46.